The average Bonchev–Trinajstić information content (AvgIpc) is 2.51. The molecule has 0 saturated carbocycles. The molecule has 21 heavy (non-hydrogen) atoms. The lowest BCUT2D eigenvalue weighted by atomic mass is 10.0. The molecule has 1 aliphatic heterocycles. The summed E-state index contributed by atoms with van der Waals surface area (Å²) in [6.07, 6.45) is 0. The standard InChI is InChI=1S/C15H11F2NO3/c16-9-2-3-10(18)14(17)13(9)15(19)8-1-4-11-12(7-8)21-6-5-20-11/h1-4,7H,5-6,18H2. The molecule has 0 atom stereocenters. The molecule has 2 aromatic carbocycles. The smallest absolute Gasteiger partial charge is 0.199 e. The third-order valence-corrected chi connectivity index (χ3v) is 3.15. The van der Waals surface area contributed by atoms with Gasteiger partial charge in [-0.05, 0) is 30.3 Å². The lowest BCUT2D eigenvalue weighted by molar-refractivity contribution is 0.103. The van der Waals surface area contributed by atoms with Gasteiger partial charge in [-0.1, -0.05) is 0 Å². The van der Waals surface area contributed by atoms with Gasteiger partial charge in [-0.25, -0.2) is 8.78 Å². The van der Waals surface area contributed by atoms with Crippen molar-refractivity contribution in [1.29, 1.82) is 0 Å². The van der Waals surface area contributed by atoms with Gasteiger partial charge >= 0.3 is 0 Å². The number of hydrogen-bond acceptors (Lipinski definition) is 4. The van der Waals surface area contributed by atoms with E-state index in [4.69, 9.17) is 15.2 Å². The fourth-order valence-corrected chi connectivity index (χ4v) is 2.11. The molecule has 0 amide bonds. The molecule has 0 radical (unpaired) electrons. The quantitative estimate of drug-likeness (QED) is 0.682. The van der Waals surface area contributed by atoms with Crippen molar-refractivity contribution in [3.05, 3.63) is 53.1 Å². The third kappa shape index (κ3) is 2.29. The second-order valence-electron chi connectivity index (χ2n) is 4.51. The van der Waals surface area contributed by atoms with Gasteiger partial charge < -0.3 is 15.2 Å². The van der Waals surface area contributed by atoms with E-state index in [-0.39, 0.29) is 11.3 Å². The molecule has 1 aliphatic rings. The third-order valence-electron chi connectivity index (χ3n) is 3.15. The Kier molecular flexibility index (Phi) is 3.21. The van der Waals surface area contributed by atoms with Crippen molar-refractivity contribution in [2.45, 2.75) is 0 Å². The van der Waals surface area contributed by atoms with E-state index in [1.165, 1.54) is 18.2 Å². The zero-order valence-corrected chi connectivity index (χ0v) is 10.9. The Morgan fingerprint density at radius 3 is 2.52 bits per heavy atom. The van der Waals surface area contributed by atoms with Crippen LogP contribution in [0, 0.1) is 11.6 Å². The summed E-state index contributed by atoms with van der Waals surface area (Å²) in [4.78, 5) is 12.3. The van der Waals surface area contributed by atoms with Crippen LogP contribution in [0.25, 0.3) is 0 Å². The van der Waals surface area contributed by atoms with E-state index in [2.05, 4.69) is 0 Å². The summed E-state index contributed by atoms with van der Waals surface area (Å²) < 4.78 is 38.3. The zero-order valence-electron chi connectivity index (χ0n) is 10.9. The van der Waals surface area contributed by atoms with Crippen molar-refractivity contribution < 1.29 is 23.0 Å². The molecule has 0 fully saturated rings. The Bertz CT molecular complexity index is 731. The maximum absolute atomic E-state index is 13.9. The first kappa shape index (κ1) is 13.4. The Morgan fingerprint density at radius 1 is 1.05 bits per heavy atom. The lowest BCUT2D eigenvalue weighted by Crippen LogP contribution is -2.16. The second kappa shape index (κ2) is 5.05. The highest BCUT2D eigenvalue weighted by Crippen LogP contribution is 2.32. The molecule has 0 unspecified atom stereocenters. The summed E-state index contributed by atoms with van der Waals surface area (Å²) in [5, 5.41) is 0. The molecule has 3 rings (SSSR count). The van der Waals surface area contributed by atoms with Gasteiger partial charge in [0.05, 0.1) is 11.3 Å². The summed E-state index contributed by atoms with van der Waals surface area (Å²) in [5.41, 5.74) is 4.52. The minimum atomic E-state index is -1.06. The van der Waals surface area contributed by atoms with Gasteiger partial charge in [-0.15, -0.1) is 0 Å². The van der Waals surface area contributed by atoms with E-state index in [9.17, 15) is 13.6 Å². The maximum atomic E-state index is 13.9. The molecular weight excluding hydrogens is 280 g/mol. The minimum Gasteiger partial charge on any atom is -0.486 e. The van der Waals surface area contributed by atoms with E-state index >= 15 is 0 Å². The van der Waals surface area contributed by atoms with Crippen LogP contribution in [0.2, 0.25) is 0 Å². The number of nitrogen functional groups attached to an aromatic ring is 1. The Labute approximate surface area is 119 Å². The highest BCUT2D eigenvalue weighted by molar-refractivity contribution is 6.10. The van der Waals surface area contributed by atoms with Gasteiger partial charge in [0.15, 0.2) is 23.1 Å². The number of nitrogens with two attached hydrogens (primary N) is 1. The molecule has 0 saturated heterocycles. The number of ketones is 1. The molecule has 6 heteroatoms. The first-order valence-corrected chi connectivity index (χ1v) is 6.26. The topological polar surface area (TPSA) is 61.6 Å². The Balaban J connectivity index is 2.05. The number of benzene rings is 2. The van der Waals surface area contributed by atoms with Crippen LogP contribution in [0.15, 0.2) is 30.3 Å². The molecule has 0 spiro atoms. The number of rotatable bonds is 2. The fourth-order valence-electron chi connectivity index (χ4n) is 2.11. The predicted molar refractivity (Wildman–Crippen MR) is 71.6 cm³/mol. The number of carbonyl (C=O) groups excluding carboxylic acids is 1. The van der Waals surface area contributed by atoms with E-state index in [0.29, 0.717) is 24.7 Å². The summed E-state index contributed by atoms with van der Waals surface area (Å²) in [6, 6.07) is 6.40. The van der Waals surface area contributed by atoms with E-state index in [1.807, 2.05) is 0 Å². The largest absolute Gasteiger partial charge is 0.486 e. The van der Waals surface area contributed by atoms with Gasteiger partial charge in [0.1, 0.15) is 19.0 Å². The van der Waals surface area contributed by atoms with Crippen LogP contribution in [-0.2, 0) is 0 Å². The molecule has 0 aliphatic carbocycles. The zero-order chi connectivity index (χ0) is 15.0. The number of halogens is 2. The van der Waals surface area contributed by atoms with Crippen molar-refractivity contribution in [2.75, 3.05) is 18.9 Å². The normalized spacial score (nSPS) is 13.0. The van der Waals surface area contributed by atoms with Gasteiger partial charge in [-0.3, -0.25) is 4.79 Å². The lowest BCUT2D eigenvalue weighted by Gasteiger charge is -2.18. The first-order valence-electron chi connectivity index (χ1n) is 6.26. The molecule has 2 aromatic rings. The molecule has 2 N–H and O–H groups in total. The van der Waals surface area contributed by atoms with Gasteiger partial charge in [0, 0.05) is 5.56 Å². The van der Waals surface area contributed by atoms with Crippen LogP contribution in [-0.4, -0.2) is 19.0 Å². The van der Waals surface area contributed by atoms with E-state index < -0.39 is 23.0 Å². The molecule has 4 nitrogen and oxygen atoms in total. The number of fused-ring (bicyclic) bond motifs is 1. The van der Waals surface area contributed by atoms with Crippen LogP contribution < -0.4 is 15.2 Å². The molecule has 0 aromatic heterocycles. The van der Waals surface area contributed by atoms with Crippen molar-refractivity contribution in [3.8, 4) is 11.5 Å². The predicted octanol–water partition coefficient (Wildman–Crippen LogP) is 2.55. The fraction of sp³-hybridized carbons (Fsp3) is 0.133. The maximum Gasteiger partial charge on any atom is 0.199 e. The monoisotopic (exact) mass is 291 g/mol. The van der Waals surface area contributed by atoms with Gasteiger partial charge in [-0.2, -0.15) is 0 Å². The van der Waals surface area contributed by atoms with Crippen LogP contribution in [0.1, 0.15) is 15.9 Å². The summed E-state index contributed by atoms with van der Waals surface area (Å²) in [7, 11) is 0. The number of anilines is 1. The van der Waals surface area contributed by atoms with E-state index in [0.717, 1.165) is 12.1 Å². The van der Waals surface area contributed by atoms with Crippen LogP contribution in [0.4, 0.5) is 14.5 Å². The van der Waals surface area contributed by atoms with E-state index in [1.54, 1.807) is 0 Å². The molecular formula is C15H11F2NO3. The highest BCUT2D eigenvalue weighted by atomic mass is 19.1. The van der Waals surface area contributed by atoms with Crippen LogP contribution in [0.5, 0.6) is 11.5 Å². The SMILES string of the molecule is Nc1ccc(F)c(C(=O)c2ccc3c(c2)OCCO3)c1F. The van der Waals surface area contributed by atoms with Crippen molar-refractivity contribution >= 4 is 11.5 Å². The summed E-state index contributed by atoms with van der Waals surface area (Å²) >= 11 is 0. The van der Waals surface area contributed by atoms with Gasteiger partial charge in [0.2, 0.25) is 0 Å². The second-order valence-corrected chi connectivity index (χ2v) is 4.51. The number of hydrogen-bond donors (Lipinski definition) is 1. The Morgan fingerprint density at radius 2 is 1.76 bits per heavy atom. The average molecular weight is 291 g/mol. The van der Waals surface area contributed by atoms with Gasteiger partial charge in [0.25, 0.3) is 0 Å². The number of ether oxygens (including phenoxy) is 2. The van der Waals surface area contributed by atoms with Crippen LogP contribution >= 0.6 is 0 Å². The molecule has 108 valence electrons. The van der Waals surface area contributed by atoms with Crippen LogP contribution in [0.3, 0.4) is 0 Å². The summed E-state index contributed by atoms with van der Waals surface area (Å²) in [6.45, 7) is 0.768. The molecule has 0 bridgehead atoms. The highest BCUT2D eigenvalue weighted by Gasteiger charge is 2.23. The Hall–Kier alpha value is -2.63. The van der Waals surface area contributed by atoms with Crippen molar-refractivity contribution in [3.63, 3.8) is 0 Å². The first-order chi connectivity index (χ1) is 10.1. The molecule has 1 heterocycles. The van der Waals surface area contributed by atoms with Crippen molar-refractivity contribution in [2.24, 2.45) is 0 Å². The van der Waals surface area contributed by atoms with Crippen molar-refractivity contribution in [1.82, 2.24) is 0 Å². The minimum absolute atomic E-state index is 0.0997. The number of carbonyl (C=O) groups is 1. The summed E-state index contributed by atoms with van der Waals surface area (Å²) in [5.74, 6) is -1.95.